The Labute approximate surface area is 246 Å². The van der Waals surface area contributed by atoms with Gasteiger partial charge in [0.15, 0.2) is 17.5 Å². The maximum atomic E-state index is 13.5. The van der Waals surface area contributed by atoms with Crippen molar-refractivity contribution in [3.8, 4) is 0 Å². The number of carbonyl (C=O) groups is 3. The SMILES string of the molecule is Cn1nnnc1SCC1=C(C(=O)O)N2C(=O)C(NC(=O)C(OC3CCCCO3)c3csc(NS(C)(=O)=O)n3)[C@H]2SC1. The Balaban J connectivity index is 1.31. The number of thioether (sulfide) groups is 2. The number of sulfonamides is 1. The van der Waals surface area contributed by atoms with E-state index in [0.717, 1.165) is 30.4 Å². The number of amides is 2. The maximum absolute atomic E-state index is 13.5. The fourth-order valence-electron chi connectivity index (χ4n) is 4.37. The van der Waals surface area contributed by atoms with E-state index >= 15 is 0 Å². The number of ether oxygens (including phenoxy) is 2. The van der Waals surface area contributed by atoms with E-state index in [4.69, 9.17) is 9.47 Å². The summed E-state index contributed by atoms with van der Waals surface area (Å²) in [4.78, 5) is 44.2. The number of carboxylic acids is 1. The summed E-state index contributed by atoms with van der Waals surface area (Å²) in [6, 6.07) is -0.996. The third-order valence-electron chi connectivity index (χ3n) is 6.23. The molecule has 16 nitrogen and oxygen atoms in total. The van der Waals surface area contributed by atoms with Gasteiger partial charge in [0.2, 0.25) is 15.2 Å². The number of thiazole rings is 1. The van der Waals surface area contributed by atoms with Crippen LogP contribution in [0.2, 0.25) is 0 Å². The molecule has 0 aromatic carbocycles. The third kappa shape index (κ3) is 6.67. The number of aliphatic carboxylic acids is 1. The number of tetrazole rings is 1. The van der Waals surface area contributed by atoms with E-state index in [1.807, 2.05) is 0 Å². The van der Waals surface area contributed by atoms with Gasteiger partial charge in [0.05, 0.1) is 11.9 Å². The second-order valence-electron chi connectivity index (χ2n) is 9.29. The summed E-state index contributed by atoms with van der Waals surface area (Å²) in [6.45, 7) is 0.462. The van der Waals surface area contributed by atoms with Crippen molar-refractivity contribution < 1.29 is 37.4 Å². The summed E-state index contributed by atoms with van der Waals surface area (Å²) in [5.41, 5.74) is 0.566. The lowest BCUT2D eigenvalue weighted by atomic mass is 10.0. The molecule has 0 bridgehead atoms. The summed E-state index contributed by atoms with van der Waals surface area (Å²) in [5.74, 6) is -1.90. The van der Waals surface area contributed by atoms with Crippen LogP contribution in [0.4, 0.5) is 5.13 Å². The van der Waals surface area contributed by atoms with Crippen molar-refractivity contribution in [2.75, 3.05) is 29.1 Å². The number of rotatable bonds is 11. The Hall–Kier alpha value is -2.78. The summed E-state index contributed by atoms with van der Waals surface area (Å²) in [5, 5.41) is 25.2. The number of aryl methyl sites for hydroxylation is 1. The van der Waals surface area contributed by atoms with Crippen molar-refractivity contribution in [3.63, 3.8) is 0 Å². The van der Waals surface area contributed by atoms with E-state index in [2.05, 4.69) is 30.5 Å². The first kappa shape index (κ1) is 29.7. The molecule has 2 fully saturated rings. The lowest BCUT2D eigenvalue weighted by Crippen LogP contribution is -2.71. The monoisotopic (exact) mass is 646 g/mol. The quantitative estimate of drug-likeness (QED) is 0.219. The van der Waals surface area contributed by atoms with Gasteiger partial charge in [-0.2, -0.15) is 0 Å². The Morgan fingerprint density at radius 2 is 2.17 bits per heavy atom. The molecule has 2 aromatic heterocycles. The summed E-state index contributed by atoms with van der Waals surface area (Å²) < 4.78 is 38.6. The van der Waals surface area contributed by atoms with Gasteiger partial charge in [0.25, 0.3) is 11.8 Å². The first-order chi connectivity index (χ1) is 19.5. The van der Waals surface area contributed by atoms with Crippen LogP contribution in [0, 0.1) is 0 Å². The zero-order chi connectivity index (χ0) is 29.3. The first-order valence-corrected chi connectivity index (χ1v) is 17.1. The van der Waals surface area contributed by atoms with Gasteiger partial charge in [0.1, 0.15) is 17.1 Å². The fourth-order valence-corrected chi connectivity index (χ4v) is 8.28. The van der Waals surface area contributed by atoms with Crippen LogP contribution in [0.5, 0.6) is 0 Å². The van der Waals surface area contributed by atoms with E-state index in [-0.39, 0.29) is 22.3 Å². The molecule has 0 radical (unpaired) electrons. The van der Waals surface area contributed by atoms with Crippen molar-refractivity contribution in [1.29, 1.82) is 0 Å². The number of nitrogens with zero attached hydrogens (tertiary/aromatic N) is 6. The molecule has 3 N–H and O–H groups in total. The number of aromatic nitrogens is 5. The lowest BCUT2D eigenvalue weighted by molar-refractivity contribution is -0.195. The van der Waals surface area contributed by atoms with Crippen LogP contribution in [-0.4, -0.2) is 103 Å². The molecular formula is C21H26N8O8S4. The zero-order valence-corrected chi connectivity index (χ0v) is 25.0. The van der Waals surface area contributed by atoms with E-state index < -0.39 is 51.6 Å². The molecule has 0 aliphatic carbocycles. The highest BCUT2D eigenvalue weighted by Gasteiger charge is 2.54. The van der Waals surface area contributed by atoms with Crippen LogP contribution >= 0.6 is 34.9 Å². The minimum Gasteiger partial charge on any atom is -0.477 e. The number of β-lactam (4-membered cyclic amide) rings is 1. The van der Waals surface area contributed by atoms with Gasteiger partial charge in [-0.1, -0.05) is 11.8 Å². The second-order valence-corrected chi connectivity index (χ2v) is 13.9. The smallest absolute Gasteiger partial charge is 0.352 e. The molecule has 20 heteroatoms. The summed E-state index contributed by atoms with van der Waals surface area (Å²) in [7, 11) is -1.93. The van der Waals surface area contributed by atoms with Gasteiger partial charge < -0.3 is 19.9 Å². The van der Waals surface area contributed by atoms with Crippen LogP contribution in [0.1, 0.15) is 31.1 Å². The molecule has 5 rings (SSSR count). The molecule has 222 valence electrons. The molecule has 5 heterocycles. The van der Waals surface area contributed by atoms with E-state index in [1.54, 1.807) is 7.05 Å². The molecule has 3 unspecified atom stereocenters. The highest BCUT2D eigenvalue weighted by atomic mass is 32.2. The van der Waals surface area contributed by atoms with Crippen molar-refractivity contribution in [1.82, 2.24) is 35.4 Å². The molecule has 3 aliphatic rings. The van der Waals surface area contributed by atoms with E-state index in [0.29, 0.717) is 29.5 Å². The molecule has 2 saturated heterocycles. The first-order valence-electron chi connectivity index (χ1n) is 12.3. The Bertz CT molecular complexity index is 1470. The average Bonchev–Trinajstić information content (AvgIpc) is 3.56. The Kier molecular flexibility index (Phi) is 8.85. The minimum atomic E-state index is -3.59. The van der Waals surface area contributed by atoms with Crippen molar-refractivity contribution in [2.24, 2.45) is 7.05 Å². The number of nitrogens with one attached hydrogen (secondary N) is 2. The van der Waals surface area contributed by atoms with Gasteiger partial charge in [-0.05, 0) is 35.3 Å². The van der Waals surface area contributed by atoms with Gasteiger partial charge in [0, 0.05) is 30.5 Å². The van der Waals surface area contributed by atoms with Crippen molar-refractivity contribution >= 4 is 67.8 Å². The molecule has 0 saturated carbocycles. The molecular weight excluding hydrogens is 621 g/mol. The maximum Gasteiger partial charge on any atom is 0.352 e. The van der Waals surface area contributed by atoms with Gasteiger partial charge in [-0.15, -0.1) is 28.2 Å². The summed E-state index contributed by atoms with van der Waals surface area (Å²) in [6.07, 6.45) is 1.25. The predicted molar refractivity (Wildman–Crippen MR) is 147 cm³/mol. The average molecular weight is 647 g/mol. The standard InChI is InChI=1S/C21H26N8O8S4/c1-28-21(24-26-27-28)40-8-10-7-38-18-13(17(31)29(18)14(10)19(32)33)23-16(30)15(37-12-5-3-4-6-36-12)11-9-39-20(22-11)25-41(2,34)35/h9,12-13,15,18H,3-8H2,1-2H3,(H,22,25)(H,23,30)(H,32,33)/t12?,13?,15?,18-/m1/s1. The number of hydrogen-bond acceptors (Lipinski definition) is 14. The van der Waals surface area contributed by atoms with Gasteiger partial charge in [-0.3, -0.25) is 19.2 Å². The van der Waals surface area contributed by atoms with Gasteiger partial charge >= 0.3 is 5.97 Å². The van der Waals surface area contributed by atoms with Crippen LogP contribution in [0.3, 0.4) is 0 Å². The lowest BCUT2D eigenvalue weighted by Gasteiger charge is -2.49. The Morgan fingerprint density at radius 1 is 1.37 bits per heavy atom. The number of hydrogen-bond donors (Lipinski definition) is 3. The van der Waals surface area contributed by atoms with Crippen LogP contribution in [-0.2, 0) is 40.9 Å². The Morgan fingerprint density at radius 3 is 2.83 bits per heavy atom. The molecule has 3 aliphatic heterocycles. The molecule has 41 heavy (non-hydrogen) atoms. The third-order valence-corrected chi connectivity index (χ3v) is 10.1. The molecule has 2 amide bonds. The van der Waals surface area contributed by atoms with Crippen LogP contribution < -0.4 is 10.0 Å². The number of carbonyl (C=O) groups excluding carboxylic acids is 2. The van der Waals surface area contributed by atoms with E-state index in [9.17, 15) is 27.9 Å². The number of fused-ring (bicyclic) bond motifs is 1. The minimum absolute atomic E-state index is 0.0564. The highest BCUT2D eigenvalue weighted by Crippen LogP contribution is 2.42. The largest absolute Gasteiger partial charge is 0.477 e. The second kappa shape index (κ2) is 12.2. The topological polar surface area (TPSA) is 208 Å². The summed E-state index contributed by atoms with van der Waals surface area (Å²) >= 11 is 3.57. The predicted octanol–water partition coefficient (Wildman–Crippen LogP) is 0.153. The molecule has 0 spiro atoms. The number of carboxylic acid groups (broad SMARTS) is 1. The normalized spacial score (nSPS) is 23.5. The molecule has 2 aromatic rings. The van der Waals surface area contributed by atoms with Crippen LogP contribution in [0.15, 0.2) is 21.8 Å². The van der Waals surface area contributed by atoms with E-state index in [1.165, 1.54) is 38.5 Å². The fraction of sp³-hybridized carbons (Fsp3) is 0.571. The number of anilines is 1. The highest BCUT2D eigenvalue weighted by molar-refractivity contribution is 8.01. The zero-order valence-electron chi connectivity index (χ0n) is 21.8. The van der Waals surface area contributed by atoms with Crippen molar-refractivity contribution in [3.05, 3.63) is 22.3 Å². The van der Waals surface area contributed by atoms with Gasteiger partial charge in [-0.25, -0.2) is 22.9 Å². The molecule has 4 atom stereocenters. The van der Waals surface area contributed by atoms with Crippen LogP contribution in [0.25, 0.3) is 0 Å². The van der Waals surface area contributed by atoms with Crippen molar-refractivity contribution in [2.45, 2.75) is 48.2 Å².